The van der Waals surface area contributed by atoms with Gasteiger partial charge in [0.05, 0.1) is 17.0 Å². The predicted octanol–water partition coefficient (Wildman–Crippen LogP) is 3.84. The maximum Gasteiger partial charge on any atom is 0.343 e. The Morgan fingerprint density at radius 1 is 0.848 bits per heavy atom. The van der Waals surface area contributed by atoms with Crippen molar-refractivity contribution < 1.29 is 38.5 Å². The molecule has 1 N–H and O–H groups in total. The van der Waals surface area contributed by atoms with Crippen LogP contribution in [-0.4, -0.2) is 41.5 Å². The Labute approximate surface area is 190 Å². The zero-order valence-electron chi connectivity index (χ0n) is 17.9. The van der Waals surface area contributed by atoms with Crippen LogP contribution in [0, 0.1) is 5.92 Å². The van der Waals surface area contributed by atoms with Gasteiger partial charge in [-0.05, 0) is 80.3 Å². The second-order valence-electron chi connectivity index (χ2n) is 7.61. The highest BCUT2D eigenvalue weighted by molar-refractivity contribution is 5.94. The quantitative estimate of drug-likeness (QED) is 0.347. The number of carboxylic acids is 1. The standard InChI is InChI=1S/C25H24O8/c1-2-19(26)15-31-20-11-13-22(14-12-20)33-25(30)18-5-3-17(4-6-18)24(29)32-21-9-7-16(8-10-21)23(27)28/h2-6,11-14,16,21H,1,7-10,15H2,(H,27,28). The molecule has 3 rings (SSSR count). The Balaban J connectivity index is 1.50. The molecule has 0 heterocycles. The molecule has 0 aromatic heterocycles. The van der Waals surface area contributed by atoms with Gasteiger partial charge in [0, 0.05) is 0 Å². The van der Waals surface area contributed by atoms with Gasteiger partial charge in [-0.2, -0.15) is 0 Å². The summed E-state index contributed by atoms with van der Waals surface area (Å²) in [4.78, 5) is 46.9. The van der Waals surface area contributed by atoms with E-state index in [2.05, 4.69) is 6.58 Å². The Kier molecular flexibility index (Phi) is 7.96. The van der Waals surface area contributed by atoms with Crippen molar-refractivity contribution in [2.75, 3.05) is 6.61 Å². The highest BCUT2D eigenvalue weighted by Gasteiger charge is 2.28. The number of esters is 2. The summed E-state index contributed by atoms with van der Waals surface area (Å²) in [5.74, 6) is -1.81. The molecule has 1 fully saturated rings. The Hall–Kier alpha value is -3.94. The summed E-state index contributed by atoms with van der Waals surface area (Å²) in [7, 11) is 0. The first-order valence-corrected chi connectivity index (χ1v) is 10.5. The van der Waals surface area contributed by atoms with Crippen LogP contribution in [0.25, 0.3) is 0 Å². The smallest absolute Gasteiger partial charge is 0.343 e. The van der Waals surface area contributed by atoms with Crippen LogP contribution in [-0.2, 0) is 14.3 Å². The van der Waals surface area contributed by atoms with E-state index >= 15 is 0 Å². The number of carboxylic acid groups (broad SMARTS) is 1. The molecule has 0 bridgehead atoms. The van der Waals surface area contributed by atoms with Crippen molar-refractivity contribution in [2.24, 2.45) is 5.92 Å². The molecule has 2 aromatic rings. The van der Waals surface area contributed by atoms with E-state index in [1.165, 1.54) is 42.5 Å². The molecule has 33 heavy (non-hydrogen) atoms. The number of aliphatic carboxylic acids is 1. The van der Waals surface area contributed by atoms with Crippen molar-refractivity contribution in [2.45, 2.75) is 31.8 Å². The number of rotatable bonds is 9. The van der Waals surface area contributed by atoms with Crippen LogP contribution in [0.4, 0.5) is 0 Å². The molecule has 0 spiro atoms. The van der Waals surface area contributed by atoms with Crippen LogP contribution in [0.5, 0.6) is 11.5 Å². The summed E-state index contributed by atoms with van der Waals surface area (Å²) in [5.41, 5.74) is 0.549. The zero-order valence-corrected chi connectivity index (χ0v) is 17.9. The van der Waals surface area contributed by atoms with Gasteiger partial charge in [0.1, 0.15) is 17.6 Å². The van der Waals surface area contributed by atoms with Crippen molar-refractivity contribution in [1.29, 1.82) is 0 Å². The highest BCUT2D eigenvalue weighted by atomic mass is 16.5. The molecule has 0 unspecified atom stereocenters. The van der Waals surface area contributed by atoms with E-state index in [-0.39, 0.29) is 30.0 Å². The molecular formula is C25H24O8. The summed E-state index contributed by atoms with van der Waals surface area (Å²) in [6.45, 7) is 3.24. The topological polar surface area (TPSA) is 116 Å². The third kappa shape index (κ3) is 6.77. The molecule has 1 aliphatic carbocycles. The minimum Gasteiger partial charge on any atom is -0.485 e. The lowest BCUT2D eigenvalue weighted by Crippen LogP contribution is -2.27. The summed E-state index contributed by atoms with van der Waals surface area (Å²) < 4.78 is 16.1. The second-order valence-corrected chi connectivity index (χ2v) is 7.61. The van der Waals surface area contributed by atoms with Crippen LogP contribution in [0.15, 0.2) is 61.2 Å². The number of hydrogen-bond donors (Lipinski definition) is 1. The Morgan fingerprint density at radius 2 is 1.39 bits per heavy atom. The molecule has 0 radical (unpaired) electrons. The fourth-order valence-electron chi connectivity index (χ4n) is 3.37. The number of ether oxygens (including phenoxy) is 3. The normalized spacial score (nSPS) is 17.5. The molecular weight excluding hydrogens is 428 g/mol. The molecule has 2 aromatic carbocycles. The molecule has 8 nitrogen and oxygen atoms in total. The van der Waals surface area contributed by atoms with Gasteiger partial charge in [0.2, 0.25) is 0 Å². The summed E-state index contributed by atoms with van der Waals surface area (Å²) in [5, 5.41) is 9.04. The van der Waals surface area contributed by atoms with E-state index in [4.69, 9.17) is 19.3 Å². The monoisotopic (exact) mass is 452 g/mol. The Bertz CT molecular complexity index is 1020. The number of benzene rings is 2. The summed E-state index contributed by atoms with van der Waals surface area (Å²) >= 11 is 0. The fourth-order valence-corrected chi connectivity index (χ4v) is 3.37. The molecule has 172 valence electrons. The minimum atomic E-state index is -0.813. The lowest BCUT2D eigenvalue weighted by Gasteiger charge is -2.25. The van der Waals surface area contributed by atoms with E-state index in [0.29, 0.717) is 42.7 Å². The van der Waals surface area contributed by atoms with Crippen molar-refractivity contribution in [3.63, 3.8) is 0 Å². The lowest BCUT2D eigenvalue weighted by atomic mass is 9.87. The van der Waals surface area contributed by atoms with Crippen LogP contribution >= 0.6 is 0 Å². The molecule has 0 saturated heterocycles. The summed E-state index contributed by atoms with van der Waals surface area (Å²) in [6, 6.07) is 12.1. The maximum absolute atomic E-state index is 12.4. The molecule has 1 aliphatic rings. The fraction of sp³-hybridized carbons (Fsp3) is 0.280. The van der Waals surface area contributed by atoms with Crippen molar-refractivity contribution in [3.8, 4) is 11.5 Å². The van der Waals surface area contributed by atoms with E-state index in [1.54, 1.807) is 12.1 Å². The first kappa shape index (κ1) is 23.7. The van der Waals surface area contributed by atoms with E-state index in [9.17, 15) is 19.2 Å². The number of carbonyl (C=O) groups is 4. The van der Waals surface area contributed by atoms with Crippen LogP contribution in [0.2, 0.25) is 0 Å². The summed E-state index contributed by atoms with van der Waals surface area (Å²) in [6.07, 6.45) is 2.87. The zero-order chi connectivity index (χ0) is 23.8. The predicted molar refractivity (Wildman–Crippen MR) is 117 cm³/mol. The lowest BCUT2D eigenvalue weighted by molar-refractivity contribution is -0.143. The largest absolute Gasteiger partial charge is 0.485 e. The molecule has 8 heteroatoms. The SMILES string of the molecule is C=CC(=O)COc1ccc(OC(=O)c2ccc(C(=O)OC3CCC(C(=O)O)CC3)cc2)cc1. The molecule has 0 aliphatic heterocycles. The van der Waals surface area contributed by atoms with E-state index in [1.807, 2.05) is 0 Å². The van der Waals surface area contributed by atoms with Crippen molar-refractivity contribution >= 4 is 23.7 Å². The van der Waals surface area contributed by atoms with E-state index in [0.717, 1.165) is 0 Å². The number of hydrogen-bond acceptors (Lipinski definition) is 7. The third-order valence-electron chi connectivity index (χ3n) is 5.30. The molecule has 1 saturated carbocycles. The Morgan fingerprint density at radius 3 is 1.94 bits per heavy atom. The highest BCUT2D eigenvalue weighted by Crippen LogP contribution is 2.27. The van der Waals surface area contributed by atoms with Crippen molar-refractivity contribution in [1.82, 2.24) is 0 Å². The average molecular weight is 452 g/mol. The van der Waals surface area contributed by atoms with Crippen LogP contribution < -0.4 is 9.47 Å². The molecule has 0 atom stereocenters. The first-order chi connectivity index (χ1) is 15.9. The first-order valence-electron chi connectivity index (χ1n) is 10.5. The van der Waals surface area contributed by atoms with Gasteiger partial charge in [-0.3, -0.25) is 9.59 Å². The van der Waals surface area contributed by atoms with Gasteiger partial charge in [0.15, 0.2) is 12.4 Å². The van der Waals surface area contributed by atoms with Gasteiger partial charge in [-0.15, -0.1) is 0 Å². The van der Waals surface area contributed by atoms with Gasteiger partial charge in [0.25, 0.3) is 0 Å². The van der Waals surface area contributed by atoms with Gasteiger partial charge in [-0.1, -0.05) is 6.58 Å². The van der Waals surface area contributed by atoms with Gasteiger partial charge in [-0.25, -0.2) is 9.59 Å². The van der Waals surface area contributed by atoms with E-state index < -0.39 is 17.9 Å². The van der Waals surface area contributed by atoms with Gasteiger partial charge >= 0.3 is 17.9 Å². The minimum absolute atomic E-state index is 0.124. The van der Waals surface area contributed by atoms with Crippen molar-refractivity contribution in [3.05, 3.63) is 72.3 Å². The number of ketones is 1. The van der Waals surface area contributed by atoms with Gasteiger partial charge < -0.3 is 19.3 Å². The van der Waals surface area contributed by atoms with Crippen LogP contribution in [0.3, 0.4) is 0 Å². The third-order valence-corrected chi connectivity index (χ3v) is 5.30. The average Bonchev–Trinajstić information content (AvgIpc) is 2.83. The van der Waals surface area contributed by atoms with Crippen LogP contribution in [0.1, 0.15) is 46.4 Å². The second kappa shape index (κ2) is 11.1. The number of carbonyl (C=O) groups excluding carboxylic acids is 3. The maximum atomic E-state index is 12.4. The molecule has 0 amide bonds.